The number of nitrogens with zero attached hydrogens (tertiary/aromatic N) is 4. The van der Waals surface area contributed by atoms with Crippen LogP contribution in [0, 0.1) is 10.1 Å². The van der Waals surface area contributed by atoms with Crippen molar-refractivity contribution in [3.63, 3.8) is 0 Å². The summed E-state index contributed by atoms with van der Waals surface area (Å²) in [5.74, 6) is 1.75. The summed E-state index contributed by atoms with van der Waals surface area (Å²) in [6.45, 7) is 4.96. The van der Waals surface area contributed by atoms with Crippen LogP contribution in [0.3, 0.4) is 0 Å². The summed E-state index contributed by atoms with van der Waals surface area (Å²) >= 11 is 1.88. The zero-order chi connectivity index (χ0) is 14.0. The maximum absolute atomic E-state index is 11.1. The van der Waals surface area contributed by atoms with E-state index < -0.39 is 4.92 Å². The second-order valence-electron chi connectivity index (χ2n) is 4.42. The average Bonchev–Trinajstić information content (AvgIpc) is 2.41. The molecule has 1 fully saturated rings. The van der Waals surface area contributed by atoms with E-state index in [1.54, 1.807) is 7.05 Å². The molecular weight excluding hydrogens is 266 g/mol. The van der Waals surface area contributed by atoms with Crippen molar-refractivity contribution in [2.24, 2.45) is 0 Å². The monoisotopic (exact) mass is 283 g/mol. The van der Waals surface area contributed by atoms with Gasteiger partial charge in [-0.3, -0.25) is 10.1 Å². The number of anilines is 2. The van der Waals surface area contributed by atoms with Gasteiger partial charge in [-0.15, -0.1) is 0 Å². The van der Waals surface area contributed by atoms with Crippen LogP contribution in [0.25, 0.3) is 0 Å². The maximum Gasteiger partial charge on any atom is 0.329 e. The van der Waals surface area contributed by atoms with Crippen molar-refractivity contribution < 1.29 is 4.92 Å². The summed E-state index contributed by atoms with van der Waals surface area (Å²) in [7, 11) is 1.70. The molecule has 0 bridgehead atoms. The van der Waals surface area contributed by atoms with Gasteiger partial charge in [-0.05, 0) is 6.92 Å². The fourth-order valence-electron chi connectivity index (χ4n) is 2.06. The molecule has 0 aliphatic carbocycles. The fourth-order valence-corrected chi connectivity index (χ4v) is 3.16. The number of thioether (sulfide) groups is 1. The van der Waals surface area contributed by atoms with Gasteiger partial charge in [0.25, 0.3) is 0 Å². The van der Waals surface area contributed by atoms with Crippen LogP contribution in [0.1, 0.15) is 13.8 Å². The lowest BCUT2D eigenvalue weighted by atomic mass is 10.2. The number of hydrogen-bond acceptors (Lipinski definition) is 7. The summed E-state index contributed by atoms with van der Waals surface area (Å²) in [6, 6.07) is 0.206. The van der Waals surface area contributed by atoms with Crippen molar-refractivity contribution in [1.29, 1.82) is 0 Å². The van der Waals surface area contributed by atoms with Crippen LogP contribution in [0.5, 0.6) is 0 Å². The molecule has 2 atom stereocenters. The number of nitrogens with one attached hydrogen (secondary N) is 1. The van der Waals surface area contributed by atoms with E-state index in [9.17, 15) is 10.1 Å². The Hall–Kier alpha value is -1.57. The molecule has 1 aliphatic rings. The van der Waals surface area contributed by atoms with Gasteiger partial charge in [0.05, 0.1) is 4.92 Å². The molecule has 1 saturated heterocycles. The molecule has 1 aliphatic heterocycles. The molecule has 2 rings (SSSR count). The molecule has 2 heterocycles. The molecule has 2 unspecified atom stereocenters. The lowest BCUT2D eigenvalue weighted by Crippen LogP contribution is -2.45. The average molecular weight is 283 g/mol. The van der Waals surface area contributed by atoms with Crippen LogP contribution in [0.15, 0.2) is 6.20 Å². The Labute approximate surface area is 116 Å². The number of rotatable bonds is 3. The molecule has 1 aromatic heterocycles. The van der Waals surface area contributed by atoms with Crippen molar-refractivity contribution in [2.45, 2.75) is 25.1 Å². The van der Waals surface area contributed by atoms with E-state index in [1.807, 2.05) is 16.7 Å². The first-order valence-corrected chi connectivity index (χ1v) is 7.17. The van der Waals surface area contributed by atoms with Gasteiger partial charge in [-0.1, -0.05) is 6.92 Å². The molecule has 1 aromatic rings. The van der Waals surface area contributed by atoms with Gasteiger partial charge in [-0.25, -0.2) is 4.98 Å². The Balaban J connectivity index is 2.43. The highest BCUT2D eigenvalue weighted by atomic mass is 32.2. The lowest BCUT2D eigenvalue weighted by molar-refractivity contribution is -0.384. The predicted octanol–water partition coefficient (Wildman–Crippen LogP) is 1.76. The van der Waals surface area contributed by atoms with Crippen molar-refractivity contribution in [1.82, 2.24) is 9.97 Å². The van der Waals surface area contributed by atoms with E-state index >= 15 is 0 Å². The van der Waals surface area contributed by atoms with E-state index in [4.69, 9.17) is 0 Å². The van der Waals surface area contributed by atoms with Gasteiger partial charge in [0.15, 0.2) is 0 Å². The van der Waals surface area contributed by atoms with Crippen LogP contribution in [0.4, 0.5) is 17.5 Å². The Morgan fingerprint density at radius 1 is 1.58 bits per heavy atom. The van der Waals surface area contributed by atoms with Gasteiger partial charge in [-0.2, -0.15) is 16.7 Å². The molecule has 0 amide bonds. The third-order valence-electron chi connectivity index (χ3n) is 3.33. The Morgan fingerprint density at radius 3 is 2.95 bits per heavy atom. The number of nitro groups is 1. The highest BCUT2D eigenvalue weighted by Crippen LogP contribution is 2.33. The summed E-state index contributed by atoms with van der Waals surface area (Å²) in [4.78, 5) is 20.9. The highest BCUT2D eigenvalue weighted by molar-refractivity contribution is 8.00. The molecule has 0 radical (unpaired) electrons. The fraction of sp³-hybridized carbons (Fsp3) is 0.636. The third kappa shape index (κ3) is 2.73. The Bertz CT molecular complexity index is 484. The molecule has 0 aromatic carbocycles. The zero-order valence-corrected chi connectivity index (χ0v) is 12.0. The van der Waals surface area contributed by atoms with E-state index in [-0.39, 0.29) is 11.7 Å². The van der Waals surface area contributed by atoms with Crippen LogP contribution >= 0.6 is 11.8 Å². The van der Waals surface area contributed by atoms with Crippen LogP contribution in [-0.4, -0.2) is 45.5 Å². The summed E-state index contributed by atoms with van der Waals surface area (Å²) in [5.41, 5.74) is -0.0371. The second-order valence-corrected chi connectivity index (χ2v) is 5.90. The van der Waals surface area contributed by atoms with Crippen LogP contribution in [0.2, 0.25) is 0 Å². The lowest BCUT2D eigenvalue weighted by Gasteiger charge is -2.37. The second kappa shape index (κ2) is 5.60. The van der Waals surface area contributed by atoms with E-state index in [1.165, 1.54) is 6.20 Å². The molecular formula is C11H17N5O2S. The molecule has 8 heteroatoms. The van der Waals surface area contributed by atoms with Crippen LogP contribution < -0.4 is 10.2 Å². The molecule has 19 heavy (non-hydrogen) atoms. The Morgan fingerprint density at radius 2 is 2.32 bits per heavy atom. The minimum Gasteiger partial charge on any atom is -0.357 e. The first-order valence-electron chi connectivity index (χ1n) is 6.12. The van der Waals surface area contributed by atoms with Gasteiger partial charge in [0.2, 0.25) is 11.8 Å². The zero-order valence-electron chi connectivity index (χ0n) is 11.2. The number of hydrogen-bond donors (Lipinski definition) is 1. The quantitative estimate of drug-likeness (QED) is 0.668. The highest BCUT2D eigenvalue weighted by Gasteiger charge is 2.31. The molecule has 0 spiro atoms. The smallest absolute Gasteiger partial charge is 0.329 e. The van der Waals surface area contributed by atoms with Gasteiger partial charge >= 0.3 is 5.69 Å². The first-order chi connectivity index (χ1) is 9.04. The number of aromatic nitrogens is 2. The van der Waals surface area contributed by atoms with E-state index in [0.29, 0.717) is 17.0 Å². The Kier molecular flexibility index (Phi) is 4.08. The standard InChI is InChI=1S/C11H17N5O2S/c1-7-8(2)19-5-4-15(7)10-9(16(17)18)6-13-11(12-3)14-10/h6-8H,4-5H2,1-3H3,(H,12,13,14). The van der Waals surface area contributed by atoms with Crippen molar-refractivity contribution in [3.8, 4) is 0 Å². The van der Waals surface area contributed by atoms with Crippen molar-refractivity contribution in [2.75, 3.05) is 29.6 Å². The largest absolute Gasteiger partial charge is 0.357 e. The molecule has 7 nitrogen and oxygen atoms in total. The van der Waals surface area contributed by atoms with Crippen LogP contribution in [-0.2, 0) is 0 Å². The SMILES string of the molecule is CNc1ncc([N+](=O)[O-])c(N2CCSC(C)C2C)n1. The minimum atomic E-state index is -0.423. The van der Waals surface area contributed by atoms with Crippen molar-refractivity contribution in [3.05, 3.63) is 16.3 Å². The van der Waals surface area contributed by atoms with E-state index in [0.717, 1.165) is 12.3 Å². The van der Waals surface area contributed by atoms with Crippen molar-refractivity contribution >= 4 is 29.2 Å². The maximum atomic E-state index is 11.1. The predicted molar refractivity (Wildman–Crippen MR) is 77.0 cm³/mol. The van der Waals surface area contributed by atoms with Gasteiger partial charge in [0, 0.05) is 30.6 Å². The minimum absolute atomic E-state index is 0.0371. The van der Waals surface area contributed by atoms with Gasteiger partial charge < -0.3 is 10.2 Å². The van der Waals surface area contributed by atoms with E-state index in [2.05, 4.69) is 29.1 Å². The molecule has 1 N–H and O–H groups in total. The molecule has 0 saturated carbocycles. The first kappa shape index (κ1) is 13.9. The molecule has 104 valence electrons. The normalized spacial score (nSPS) is 23.2. The topological polar surface area (TPSA) is 84.2 Å². The summed E-state index contributed by atoms with van der Waals surface area (Å²) in [5, 5.41) is 14.4. The summed E-state index contributed by atoms with van der Waals surface area (Å²) in [6.07, 6.45) is 1.27. The van der Waals surface area contributed by atoms with Gasteiger partial charge in [0.1, 0.15) is 6.20 Å². The summed E-state index contributed by atoms with van der Waals surface area (Å²) < 4.78 is 0. The third-order valence-corrected chi connectivity index (χ3v) is 4.66.